The van der Waals surface area contributed by atoms with Crippen LogP contribution in [0.15, 0.2) is 146 Å². The van der Waals surface area contributed by atoms with E-state index < -0.39 is 46.1 Å². The minimum atomic E-state index is -1.47. The Morgan fingerprint density at radius 3 is 0.701 bits per heavy atom. The number of aromatic nitrogens is 4. The van der Waals surface area contributed by atoms with E-state index in [0.717, 1.165) is 0 Å². The molecule has 2 aliphatic heterocycles. The van der Waals surface area contributed by atoms with Crippen molar-refractivity contribution in [2.24, 2.45) is 0 Å². The van der Waals surface area contributed by atoms with Crippen molar-refractivity contribution < 1.29 is 78.0 Å². The van der Waals surface area contributed by atoms with E-state index in [-0.39, 0.29) is 42.3 Å². The molecule has 374 valence electrons. The average Bonchev–Trinajstić information content (AvgIpc) is 4.33. The van der Waals surface area contributed by atoms with Crippen molar-refractivity contribution in [3.05, 3.63) is 168 Å². The molecule has 0 saturated heterocycles. The van der Waals surface area contributed by atoms with E-state index in [1.165, 1.54) is 52.7 Å². The maximum absolute atomic E-state index is 13.0. The Balaban J connectivity index is 0.00000672. The smallest absolute Gasteiger partial charge is 0.657 e. The zero-order valence-corrected chi connectivity index (χ0v) is 44.4. The molecule has 0 unspecified atom stereocenters. The first-order valence-electron chi connectivity index (χ1n) is 23.4. The third-order valence-electron chi connectivity index (χ3n) is 13.5. The summed E-state index contributed by atoms with van der Waals surface area (Å²) in [6.07, 6.45) is 0. The summed E-state index contributed by atoms with van der Waals surface area (Å²) in [7, 11) is 6.14. The van der Waals surface area contributed by atoms with E-state index in [4.69, 9.17) is 38.9 Å². The van der Waals surface area contributed by atoms with Crippen LogP contribution in [0, 0.1) is 0 Å². The van der Waals surface area contributed by atoms with E-state index in [2.05, 4.69) is 0 Å². The molecule has 4 N–H and O–H groups in total. The van der Waals surface area contributed by atoms with Crippen molar-refractivity contribution in [2.45, 2.75) is 0 Å². The molecule has 9 aromatic rings. The third-order valence-corrected chi connectivity index (χ3v) is 13.5. The fourth-order valence-corrected chi connectivity index (χ4v) is 9.85. The first-order valence-corrected chi connectivity index (χ1v) is 23.4. The number of benzene rings is 6. The molecule has 16 nitrogen and oxygen atoms in total. The Morgan fingerprint density at radius 1 is 0.338 bits per heavy atom. The van der Waals surface area contributed by atoms with Gasteiger partial charge in [-0.3, -0.25) is 0 Å². The second-order valence-corrected chi connectivity index (χ2v) is 17.6. The standard InChI is InChI=1S/C60H42N4O12.Zn/c1-73-33-13-5-29(6-14-33)49-45-21-22-46(61-45)50(30-7-15-34(74-2)16-8-30)55-39-27-43(59(69)70)44(60(71)72)28-40(39)56(64-55)52(32-11-19-36(76-4)20-12-32)48-24-23-47(62-48)51(31-9-17-35(75-3)18-10-31)54-38-26-42(58(67)68)41(57(65)66)25-37(38)53(49)63-54;/h5-28H,1-4H3,(H6,61,62,63,64,65,66,67,68,69,70,71,72);/q;+2/p-2. The van der Waals surface area contributed by atoms with Gasteiger partial charge in [0.2, 0.25) is 0 Å². The summed E-state index contributed by atoms with van der Waals surface area (Å²) in [5.41, 5.74) is 5.72. The largest absolute Gasteiger partial charge is 2.00 e. The minimum Gasteiger partial charge on any atom is -0.657 e. The van der Waals surface area contributed by atoms with Gasteiger partial charge >= 0.3 is 43.4 Å². The van der Waals surface area contributed by atoms with Crippen LogP contribution in [0.1, 0.15) is 41.4 Å². The topological polar surface area (TPSA) is 240 Å². The average molecular weight is 1070 g/mol. The quantitative estimate of drug-likeness (QED) is 0.0832. The number of carbonyl (C=O) groups is 4. The molecule has 5 heterocycles. The SMILES string of the molecule is COc1ccc(-c2c3nc(c(-c4ccc(OC)cc4)c4ccc([n-]4)c(-c4ccc(OC)cc4)c4nc(c(-c5ccc(OC)cc5)c5ccc2[n-]5)-c2cc(C(=O)O)c(C(=O)O)cc2-4)-c2cc(C(=O)O)c(C(=O)O)cc2-3)cc1.[Zn+2]. The van der Waals surface area contributed by atoms with Crippen LogP contribution < -0.4 is 28.9 Å². The predicted octanol–water partition coefficient (Wildman–Crippen LogP) is 11.7. The number of nitrogens with zero attached hydrogens (tertiary/aromatic N) is 4. The Morgan fingerprint density at radius 2 is 0.532 bits per heavy atom. The molecule has 11 rings (SSSR count). The fourth-order valence-electron chi connectivity index (χ4n) is 9.85. The number of rotatable bonds is 12. The molecule has 2 aliphatic rings. The number of hydrogen-bond donors (Lipinski definition) is 4. The molecule has 0 radical (unpaired) electrons. The van der Waals surface area contributed by atoms with E-state index >= 15 is 0 Å². The van der Waals surface area contributed by atoms with Crippen molar-refractivity contribution in [3.63, 3.8) is 0 Å². The van der Waals surface area contributed by atoms with E-state index in [1.54, 1.807) is 121 Å². The van der Waals surface area contributed by atoms with Crippen LogP contribution in [-0.2, 0) is 19.5 Å². The second kappa shape index (κ2) is 20.1. The Bertz CT molecular complexity index is 3570. The number of methoxy groups -OCH3 is 4. The van der Waals surface area contributed by atoms with Gasteiger partial charge in [-0.2, -0.15) is 0 Å². The third kappa shape index (κ3) is 8.77. The van der Waals surface area contributed by atoms with Crippen LogP contribution in [0.3, 0.4) is 0 Å². The van der Waals surface area contributed by atoms with Gasteiger partial charge in [0.1, 0.15) is 23.0 Å². The Labute approximate surface area is 450 Å². The number of aromatic carboxylic acids is 4. The molecular weight excluding hydrogens is 1030 g/mol. The van der Waals surface area contributed by atoms with Gasteiger partial charge in [-0.1, -0.05) is 72.8 Å². The summed E-state index contributed by atoms with van der Waals surface area (Å²) in [5, 5.41) is 42.4. The van der Waals surface area contributed by atoms with Crippen LogP contribution >= 0.6 is 0 Å². The predicted molar refractivity (Wildman–Crippen MR) is 284 cm³/mol. The van der Waals surface area contributed by atoms with Gasteiger partial charge in [-0.15, -0.1) is 22.1 Å². The molecule has 0 spiro atoms. The van der Waals surface area contributed by atoms with Gasteiger partial charge in [-0.05, 0) is 117 Å². The summed E-state index contributed by atoms with van der Waals surface area (Å²) in [6.45, 7) is 0. The number of carboxylic acids is 4. The molecule has 17 heteroatoms. The first-order chi connectivity index (χ1) is 36.8. The van der Waals surface area contributed by atoms with Crippen molar-refractivity contribution in [3.8, 4) is 113 Å². The van der Waals surface area contributed by atoms with Crippen molar-refractivity contribution in [2.75, 3.05) is 28.4 Å². The van der Waals surface area contributed by atoms with Gasteiger partial charge in [0.25, 0.3) is 0 Å². The number of hydrogen-bond acceptors (Lipinski definition) is 10. The van der Waals surface area contributed by atoms with Crippen LogP contribution in [0.4, 0.5) is 0 Å². The van der Waals surface area contributed by atoms with Gasteiger partial charge < -0.3 is 49.3 Å². The number of carboxylic acid groups (broad SMARTS) is 4. The molecule has 8 bridgehead atoms. The Hall–Kier alpha value is -9.86. The summed E-state index contributed by atoms with van der Waals surface area (Å²) >= 11 is 0. The first kappa shape index (κ1) is 50.7. The summed E-state index contributed by atoms with van der Waals surface area (Å²) in [6, 6.07) is 40.9. The number of ether oxygens (including phenoxy) is 4. The fraction of sp³-hybridized carbons (Fsp3) is 0.0667. The van der Waals surface area contributed by atoms with Gasteiger partial charge in [0, 0.05) is 22.3 Å². The zero-order chi connectivity index (χ0) is 53.1. The van der Waals surface area contributed by atoms with Crippen LogP contribution in [0.5, 0.6) is 23.0 Å². The molecule has 0 aliphatic carbocycles. The van der Waals surface area contributed by atoms with Gasteiger partial charge in [0.15, 0.2) is 0 Å². The van der Waals surface area contributed by atoms with Crippen LogP contribution in [0.2, 0.25) is 0 Å². The zero-order valence-electron chi connectivity index (χ0n) is 41.4. The van der Waals surface area contributed by atoms with Crippen molar-refractivity contribution >= 4 is 45.9 Å². The molecule has 0 amide bonds. The van der Waals surface area contributed by atoms with E-state index in [9.17, 15) is 39.6 Å². The summed E-state index contributed by atoms with van der Waals surface area (Å²) < 4.78 is 22.2. The summed E-state index contributed by atoms with van der Waals surface area (Å²) in [4.78, 5) is 73.7. The summed E-state index contributed by atoms with van der Waals surface area (Å²) in [5.74, 6) is -3.71. The number of fused-ring (bicyclic) bond motifs is 14. The van der Waals surface area contributed by atoms with Crippen molar-refractivity contribution in [1.82, 2.24) is 19.9 Å². The van der Waals surface area contributed by atoms with Gasteiger partial charge in [-0.25, -0.2) is 29.1 Å². The molecule has 0 atom stereocenters. The molecular formula is C60H40N4O12Zn. The van der Waals surface area contributed by atoms with E-state index in [0.29, 0.717) is 112 Å². The molecule has 3 aromatic heterocycles. The molecule has 6 aromatic carbocycles. The molecule has 77 heavy (non-hydrogen) atoms. The monoisotopic (exact) mass is 1070 g/mol. The van der Waals surface area contributed by atoms with Crippen LogP contribution in [-0.4, -0.2) is 82.7 Å². The Kier molecular flexibility index (Phi) is 13.2. The molecule has 0 saturated carbocycles. The normalized spacial score (nSPS) is 11.2. The van der Waals surface area contributed by atoms with Crippen LogP contribution in [0.25, 0.3) is 112 Å². The maximum atomic E-state index is 13.0. The van der Waals surface area contributed by atoms with Gasteiger partial charge in [0.05, 0.1) is 73.5 Å². The van der Waals surface area contributed by atoms with E-state index in [1.807, 2.05) is 0 Å². The second-order valence-electron chi connectivity index (χ2n) is 17.6. The maximum Gasteiger partial charge on any atom is 2.00 e. The minimum absolute atomic E-state index is 0. The van der Waals surface area contributed by atoms with Crippen molar-refractivity contribution in [1.29, 1.82) is 0 Å². The molecule has 0 fully saturated rings.